The van der Waals surface area contributed by atoms with Crippen LogP contribution in [0.15, 0.2) is 15.4 Å². The van der Waals surface area contributed by atoms with E-state index >= 15 is 0 Å². The van der Waals surface area contributed by atoms with Crippen molar-refractivity contribution in [2.45, 2.75) is 38.6 Å². The number of aromatic nitrogens is 4. The predicted molar refractivity (Wildman–Crippen MR) is 68.3 cm³/mol. The molecule has 0 bridgehead atoms. The van der Waals surface area contributed by atoms with Gasteiger partial charge in [-0.15, -0.1) is 0 Å². The molecular weight excluding hydrogens is 268 g/mol. The summed E-state index contributed by atoms with van der Waals surface area (Å²) >= 11 is 5.85. The highest BCUT2D eigenvalue weighted by Crippen LogP contribution is 2.38. The first-order valence-electron chi connectivity index (χ1n) is 6.26. The number of rotatable bonds is 4. The van der Waals surface area contributed by atoms with E-state index in [0.717, 1.165) is 18.7 Å². The molecular formula is C12H13ClN4O2. The first kappa shape index (κ1) is 12.3. The monoisotopic (exact) mass is 280 g/mol. The number of nitrogens with zero attached hydrogens (tertiary/aromatic N) is 4. The zero-order valence-electron chi connectivity index (χ0n) is 10.5. The molecule has 0 unspecified atom stereocenters. The highest BCUT2D eigenvalue weighted by Gasteiger charge is 2.29. The summed E-state index contributed by atoms with van der Waals surface area (Å²) in [5.41, 5.74) is -0.176. The summed E-state index contributed by atoms with van der Waals surface area (Å²) in [5, 5.41) is 4.10. The molecule has 7 heteroatoms. The van der Waals surface area contributed by atoms with E-state index < -0.39 is 0 Å². The van der Waals surface area contributed by atoms with Gasteiger partial charge in [-0.3, -0.25) is 9.36 Å². The van der Waals surface area contributed by atoms with Crippen LogP contribution in [0, 0.1) is 0 Å². The van der Waals surface area contributed by atoms with Crippen molar-refractivity contribution in [2.75, 3.05) is 0 Å². The van der Waals surface area contributed by atoms with Gasteiger partial charge in [0.2, 0.25) is 5.89 Å². The minimum Gasteiger partial charge on any atom is -0.339 e. The van der Waals surface area contributed by atoms with E-state index in [4.69, 9.17) is 16.1 Å². The highest BCUT2D eigenvalue weighted by molar-refractivity contribution is 6.29. The number of hydrogen-bond donors (Lipinski definition) is 0. The zero-order valence-corrected chi connectivity index (χ0v) is 11.2. The summed E-state index contributed by atoms with van der Waals surface area (Å²) < 4.78 is 6.62. The summed E-state index contributed by atoms with van der Waals surface area (Å²) in [6.07, 6.45) is 2.76. The molecule has 0 aromatic carbocycles. The molecule has 0 aliphatic heterocycles. The number of hydrogen-bond acceptors (Lipinski definition) is 5. The minimum absolute atomic E-state index is 0.176. The van der Waals surface area contributed by atoms with Gasteiger partial charge in [-0.2, -0.15) is 4.98 Å². The minimum atomic E-state index is -0.176. The third-order valence-electron chi connectivity index (χ3n) is 3.06. The highest BCUT2D eigenvalue weighted by atomic mass is 35.5. The Morgan fingerprint density at radius 2 is 2.26 bits per heavy atom. The smallest absolute Gasteiger partial charge is 0.255 e. The molecule has 2 heterocycles. The van der Waals surface area contributed by atoms with Crippen LogP contribution < -0.4 is 5.56 Å². The molecule has 6 nitrogen and oxygen atoms in total. The van der Waals surface area contributed by atoms with Crippen LogP contribution in [-0.4, -0.2) is 19.7 Å². The molecule has 0 atom stereocenters. The van der Waals surface area contributed by atoms with Crippen LogP contribution in [0.4, 0.5) is 0 Å². The van der Waals surface area contributed by atoms with Crippen molar-refractivity contribution in [1.29, 1.82) is 0 Å². The molecule has 1 saturated carbocycles. The van der Waals surface area contributed by atoms with E-state index in [2.05, 4.69) is 15.1 Å². The van der Waals surface area contributed by atoms with Crippen LogP contribution in [0.2, 0.25) is 5.15 Å². The molecule has 2 aromatic rings. The van der Waals surface area contributed by atoms with Gasteiger partial charge in [-0.1, -0.05) is 23.7 Å². The van der Waals surface area contributed by atoms with Gasteiger partial charge in [0, 0.05) is 18.4 Å². The standard InChI is InChI=1S/C12H13ClN4O2/c1-2-10-15-9(16-19-10)6-17-11(18)5-8(13)14-12(17)7-3-4-7/h5,7H,2-4,6H2,1H3. The summed E-state index contributed by atoms with van der Waals surface area (Å²) in [7, 11) is 0. The van der Waals surface area contributed by atoms with Crippen molar-refractivity contribution in [3.05, 3.63) is 39.1 Å². The molecule has 2 aromatic heterocycles. The van der Waals surface area contributed by atoms with Crippen molar-refractivity contribution in [2.24, 2.45) is 0 Å². The van der Waals surface area contributed by atoms with E-state index in [1.807, 2.05) is 6.92 Å². The molecule has 0 amide bonds. The van der Waals surface area contributed by atoms with Gasteiger partial charge in [-0.05, 0) is 12.8 Å². The first-order valence-corrected chi connectivity index (χ1v) is 6.64. The van der Waals surface area contributed by atoms with Crippen LogP contribution in [0.5, 0.6) is 0 Å². The van der Waals surface area contributed by atoms with E-state index in [-0.39, 0.29) is 17.3 Å². The van der Waals surface area contributed by atoms with Gasteiger partial charge in [-0.25, -0.2) is 4.98 Å². The SMILES string of the molecule is CCc1nc(Cn2c(C3CC3)nc(Cl)cc2=O)no1. The Bertz CT molecular complexity index is 660. The third kappa shape index (κ3) is 2.53. The Morgan fingerprint density at radius 3 is 2.89 bits per heavy atom. The van der Waals surface area contributed by atoms with E-state index in [1.54, 1.807) is 4.57 Å². The fraction of sp³-hybridized carbons (Fsp3) is 0.500. The van der Waals surface area contributed by atoms with Crippen LogP contribution >= 0.6 is 11.6 Å². The second kappa shape index (κ2) is 4.77. The molecule has 1 aliphatic rings. The Kier molecular flexibility index (Phi) is 3.10. The fourth-order valence-electron chi connectivity index (χ4n) is 1.95. The maximum atomic E-state index is 12.0. The van der Waals surface area contributed by atoms with E-state index in [1.165, 1.54) is 6.07 Å². The van der Waals surface area contributed by atoms with Crippen LogP contribution in [0.3, 0.4) is 0 Å². The van der Waals surface area contributed by atoms with Gasteiger partial charge in [0.25, 0.3) is 5.56 Å². The predicted octanol–water partition coefficient (Wildman–Crippen LogP) is 1.77. The quantitative estimate of drug-likeness (QED) is 0.798. The largest absolute Gasteiger partial charge is 0.339 e. The summed E-state index contributed by atoms with van der Waals surface area (Å²) in [6, 6.07) is 1.31. The lowest BCUT2D eigenvalue weighted by molar-refractivity contribution is 0.375. The van der Waals surface area contributed by atoms with Crippen molar-refractivity contribution in [3.8, 4) is 0 Å². The van der Waals surface area contributed by atoms with Gasteiger partial charge in [0.05, 0.1) is 6.54 Å². The normalized spacial score (nSPS) is 14.8. The topological polar surface area (TPSA) is 73.8 Å². The van der Waals surface area contributed by atoms with Gasteiger partial charge < -0.3 is 4.52 Å². The van der Waals surface area contributed by atoms with Crippen molar-refractivity contribution in [1.82, 2.24) is 19.7 Å². The Hall–Kier alpha value is -1.69. The molecule has 1 fully saturated rings. The van der Waals surface area contributed by atoms with Gasteiger partial charge in [0.15, 0.2) is 5.82 Å². The third-order valence-corrected chi connectivity index (χ3v) is 3.25. The lowest BCUT2D eigenvalue weighted by Crippen LogP contribution is -2.25. The molecule has 19 heavy (non-hydrogen) atoms. The first-order chi connectivity index (χ1) is 9.17. The Balaban J connectivity index is 1.97. The average molecular weight is 281 g/mol. The molecule has 0 spiro atoms. The van der Waals surface area contributed by atoms with Crippen LogP contribution in [0.1, 0.15) is 43.2 Å². The summed E-state index contributed by atoms with van der Waals surface area (Å²) in [4.78, 5) is 20.5. The number of halogens is 1. The molecule has 1 aliphatic carbocycles. The second-order valence-electron chi connectivity index (χ2n) is 4.59. The van der Waals surface area contributed by atoms with Crippen LogP contribution in [0.25, 0.3) is 0 Å². The van der Waals surface area contributed by atoms with Crippen molar-refractivity contribution >= 4 is 11.6 Å². The lowest BCUT2D eigenvalue weighted by Gasteiger charge is -2.09. The molecule has 0 N–H and O–H groups in total. The zero-order chi connectivity index (χ0) is 13.4. The lowest BCUT2D eigenvalue weighted by atomic mass is 10.3. The Morgan fingerprint density at radius 1 is 1.47 bits per heavy atom. The van der Waals surface area contributed by atoms with E-state index in [0.29, 0.717) is 24.1 Å². The number of aryl methyl sites for hydroxylation is 1. The summed E-state index contributed by atoms with van der Waals surface area (Å²) in [5.74, 6) is 2.10. The van der Waals surface area contributed by atoms with Crippen molar-refractivity contribution in [3.63, 3.8) is 0 Å². The maximum Gasteiger partial charge on any atom is 0.255 e. The average Bonchev–Trinajstić information content (AvgIpc) is 3.12. The molecule has 100 valence electrons. The van der Waals surface area contributed by atoms with Gasteiger partial charge >= 0.3 is 0 Å². The molecule has 0 radical (unpaired) electrons. The fourth-order valence-corrected chi connectivity index (χ4v) is 2.13. The van der Waals surface area contributed by atoms with Gasteiger partial charge in [0.1, 0.15) is 11.0 Å². The van der Waals surface area contributed by atoms with E-state index in [9.17, 15) is 4.79 Å². The van der Waals surface area contributed by atoms with Crippen LogP contribution in [-0.2, 0) is 13.0 Å². The van der Waals surface area contributed by atoms with Crippen molar-refractivity contribution < 1.29 is 4.52 Å². The second-order valence-corrected chi connectivity index (χ2v) is 4.98. The molecule has 0 saturated heterocycles. The Labute approximate surface area is 114 Å². The summed E-state index contributed by atoms with van der Waals surface area (Å²) in [6.45, 7) is 2.21. The maximum absolute atomic E-state index is 12.0. The molecule has 3 rings (SSSR count).